The predicted molar refractivity (Wildman–Crippen MR) is 118 cm³/mol. The van der Waals surface area contributed by atoms with Gasteiger partial charge in [-0.2, -0.15) is 0 Å². The number of thiophene rings is 1. The summed E-state index contributed by atoms with van der Waals surface area (Å²) < 4.78 is 5.13. The van der Waals surface area contributed by atoms with E-state index in [1.54, 1.807) is 12.0 Å². The number of aliphatic hydroxyl groups is 1. The number of benzene rings is 1. The number of likely N-dealkylation sites (tertiary alicyclic amines) is 1. The summed E-state index contributed by atoms with van der Waals surface area (Å²) in [6.45, 7) is 2.88. The van der Waals surface area contributed by atoms with Crippen molar-refractivity contribution < 1.29 is 19.4 Å². The molecule has 1 aromatic carbocycles. The van der Waals surface area contributed by atoms with Crippen LogP contribution in [0.3, 0.4) is 0 Å². The fraction of sp³-hybridized carbons (Fsp3) is 0.417. The van der Waals surface area contributed by atoms with Crippen LogP contribution in [0.25, 0.3) is 5.76 Å². The molecule has 2 heterocycles. The van der Waals surface area contributed by atoms with Crippen LogP contribution in [-0.4, -0.2) is 42.0 Å². The van der Waals surface area contributed by atoms with Crippen molar-refractivity contribution in [3.63, 3.8) is 0 Å². The van der Waals surface area contributed by atoms with E-state index in [-0.39, 0.29) is 11.3 Å². The zero-order valence-electron chi connectivity index (χ0n) is 17.4. The van der Waals surface area contributed by atoms with Gasteiger partial charge in [-0.15, -0.1) is 11.3 Å². The molecule has 1 unspecified atom stereocenters. The normalized spacial score (nSPS) is 20.6. The first-order valence-electron chi connectivity index (χ1n) is 10.5. The molecule has 1 aromatic heterocycles. The molecule has 4 rings (SSSR count). The maximum atomic E-state index is 13.0. The summed E-state index contributed by atoms with van der Waals surface area (Å²) in [6.07, 6.45) is 4.98. The minimum absolute atomic E-state index is 0.0752. The van der Waals surface area contributed by atoms with Gasteiger partial charge in [0.2, 0.25) is 0 Å². The van der Waals surface area contributed by atoms with Crippen molar-refractivity contribution in [2.75, 3.05) is 20.3 Å². The number of methoxy groups -OCH3 is 1. The van der Waals surface area contributed by atoms with Crippen LogP contribution in [0.5, 0.6) is 0 Å². The third-order valence-electron chi connectivity index (χ3n) is 6.06. The Morgan fingerprint density at radius 1 is 1.20 bits per heavy atom. The summed E-state index contributed by atoms with van der Waals surface area (Å²) in [6, 6.07) is 7.33. The molecule has 30 heavy (non-hydrogen) atoms. The number of fused-ring (bicyclic) bond motifs is 1. The third-order valence-corrected chi connectivity index (χ3v) is 7.13. The molecular weight excluding hydrogens is 398 g/mol. The second-order valence-electron chi connectivity index (χ2n) is 8.00. The molecule has 1 aliphatic heterocycles. The van der Waals surface area contributed by atoms with E-state index in [2.05, 4.69) is 0 Å². The van der Waals surface area contributed by atoms with Gasteiger partial charge in [0.05, 0.1) is 11.6 Å². The van der Waals surface area contributed by atoms with Crippen LogP contribution in [-0.2, 0) is 27.2 Å². The molecule has 2 aliphatic rings. The molecular formula is C24H27NO4S. The first kappa shape index (κ1) is 20.8. The smallest absolute Gasteiger partial charge is 0.295 e. The second kappa shape index (κ2) is 8.74. The summed E-state index contributed by atoms with van der Waals surface area (Å²) in [5.41, 5.74) is 4.36. The Morgan fingerprint density at radius 3 is 2.67 bits per heavy atom. The Bertz CT molecular complexity index is 1010. The van der Waals surface area contributed by atoms with Gasteiger partial charge in [0.15, 0.2) is 0 Å². The minimum atomic E-state index is -0.611. The van der Waals surface area contributed by atoms with Crippen LogP contribution in [0, 0.1) is 6.92 Å². The molecule has 1 N–H and O–H groups in total. The molecule has 6 heteroatoms. The highest BCUT2D eigenvalue weighted by molar-refractivity contribution is 7.10. The van der Waals surface area contributed by atoms with Crippen molar-refractivity contribution in [3.05, 3.63) is 62.3 Å². The minimum Gasteiger partial charge on any atom is -0.507 e. The number of aliphatic hydroxyl groups excluding tert-OH is 1. The molecule has 1 amide bonds. The number of nitrogens with zero attached hydrogens (tertiary/aromatic N) is 1. The van der Waals surface area contributed by atoms with E-state index < -0.39 is 17.7 Å². The number of hydrogen-bond acceptors (Lipinski definition) is 5. The van der Waals surface area contributed by atoms with E-state index in [0.29, 0.717) is 25.1 Å². The number of aryl methyl sites for hydroxylation is 3. The first-order valence-corrected chi connectivity index (χ1v) is 11.3. The maximum absolute atomic E-state index is 13.0. The molecule has 2 aromatic rings. The number of rotatable bonds is 6. The summed E-state index contributed by atoms with van der Waals surface area (Å²) in [5.74, 6) is -1.24. The lowest BCUT2D eigenvalue weighted by Crippen LogP contribution is -2.31. The monoisotopic (exact) mass is 425 g/mol. The standard InChI is InChI=1S/C24H27NO4S/c1-15-10-13-30-23(15)20-19(22(27)24(28)25(20)11-5-12-29-2)21(26)18-9-8-16-6-3-4-7-17(16)14-18/h8-10,13-14,20,26H,3-7,11-12H2,1-2H3/b21-19-. The summed E-state index contributed by atoms with van der Waals surface area (Å²) in [7, 11) is 1.62. The highest BCUT2D eigenvalue weighted by atomic mass is 32.1. The average Bonchev–Trinajstić information content (AvgIpc) is 3.28. The van der Waals surface area contributed by atoms with Crippen molar-refractivity contribution in [1.29, 1.82) is 0 Å². The van der Waals surface area contributed by atoms with Gasteiger partial charge in [-0.25, -0.2) is 0 Å². The largest absolute Gasteiger partial charge is 0.507 e. The van der Waals surface area contributed by atoms with Gasteiger partial charge in [-0.05, 0) is 73.2 Å². The van der Waals surface area contributed by atoms with Crippen LogP contribution in [0.4, 0.5) is 0 Å². The van der Waals surface area contributed by atoms with Gasteiger partial charge >= 0.3 is 0 Å². The van der Waals surface area contributed by atoms with E-state index in [9.17, 15) is 14.7 Å². The molecule has 1 saturated heterocycles. The van der Waals surface area contributed by atoms with Crippen molar-refractivity contribution in [3.8, 4) is 0 Å². The fourth-order valence-electron chi connectivity index (χ4n) is 4.46. The van der Waals surface area contributed by atoms with E-state index in [0.717, 1.165) is 29.7 Å². The number of hydrogen-bond donors (Lipinski definition) is 1. The lowest BCUT2D eigenvalue weighted by Gasteiger charge is -2.25. The van der Waals surface area contributed by atoms with Crippen LogP contribution in [0.2, 0.25) is 0 Å². The Balaban J connectivity index is 1.80. The zero-order chi connectivity index (χ0) is 21.3. The second-order valence-corrected chi connectivity index (χ2v) is 8.94. The number of ether oxygens (including phenoxy) is 1. The average molecular weight is 426 g/mol. The number of amides is 1. The molecule has 1 fully saturated rings. The lowest BCUT2D eigenvalue weighted by atomic mass is 9.89. The maximum Gasteiger partial charge on any atom is 0.295 e. The quantitative estimate of drug-likeness (QED) is 0.323. The van der Waals surface area contributed by atoms with Gasteiger partial charge in [0.25, 0.3) is 11.7 Å². The van der Waals surface area contributed by atoms with Crippen LogP contribution in [0.1, 0.15) is 52.4 Å². The fourth-order valence-corrected chi connectivity index (χ4v) is 5.51. The van der Waals surface area contributed by atoms with E-state index in [4.69, 9.17) is 4.74 Å². The first-order chi connectivity index (χ1) is 14.5. The molecule has 0 radical (unpaired) electrons. The number of carbonyl (C=O) groups excluding carboxylic acids is 2. The summed E-state index contributed by atoms with van der Waals surface area (Å²) in [5, 5.41) is 13.2. The highest BCUT2D eigenvalue weighted by Crippen LogP contribution is 2.42. The zero-order valence-corrected chi connectivity index (χ0v) is 18.3. The van der Waals surface area contributed by atoms with Crippen LogP contribution in [0.15, 0.2) is 35.2 Å². The highest BCUT2D eigenvalue weighted by Gasteiger charge is 2.46. The number of carbonyl (C=O) groups is 2. The Labute approximate surface area is 181 Å². The van der Waals surface area contributed by atoms with Gasteiger partial charge in [0.1, 0.15) is 5.76 Å². The van der Waals surface area contributed by atoms with Crippen molar-refractivity contribution in [2.45, 2.75) is 45.1 Å². The summed E-state index contributed by atoms with van der Waals surface area (Å²) >= 11 is 1.51. The van der Waals surface area contributed by atoms with E-state index >= 15 is 0 Å². The number of Topliss-reactive ketones (excluding diaryl/α,β-unsaturated/α-hetero) is 1. The molecule has 0 bridgehead atoms. The Kier molecular flexibility index (Phi) is 6.06. The van der Waals surface area contributed by atoms with Crippen molar-refractivity contribution in [1.82, 2.24) is 4.90 Å². The van der Waals surface area contributed by atoms with Crippen molar-refractivity contribution >= 4 is 28.8 Å². The SMILES string of the molecule is COCCCN1C(=O)C(=O)/C(=C(\O)c2ccc3c(c2)CCCC3)C1c1sccc1C. The topological polar surface area (TPSA) is 66.8 Å². The molecule has 0 saturated carbocycles. The third kappa shape index (κ3) is 3.70. The van der Waals surface area contributed by atoms with Crippen molar-refractivity contribution in [2.24, 2.45) is 0 Å². The molecule has 1 aliphatic carbocycles. The summed E-state index contributed by atoms with van der Waals surface area (Å²) in [4.78, 5) is 28.4. The molecule has 158 valence electrons. The van der Waals surface area contributed by atoms with Gasteiger partial charge in [0, 0.05) is 30.7 Å². The van der Waals surface area contributed by atoms with Gasteiger partial charge < -0.3 is 14.7 Å². The predicted octanol–water partition coefficient (Wildman–Crippen LogP) is 4.39. The van der Waals surface area contributed by atoms with Crippen LogP contribution >= 0.6 is 11.3 Å². The Morgan fingerprint density at radius 2 is 1.97 bits per heavy atom. The van der Waals surface area contributed by atoms with Gasteiger partial charge in [-0.1, -0.05) is 12.1 Å². The lowest BCUT2D eigenvalue weighted by molar-refractivity contribution is -0.140. The van der Waals surface area contributed by atoms with E-state index in [1.807, 2.05) is 36.6 Å². The molecule has 5 nitrogen and oxygen atoms in total. The van der Waals surface area contributed by atoms with Crippen LogP contribution < -0.4 is 0 Å². The number of ketones is 1. The molecule has 1 atom stereocenters. The van der Waals surface area contributed by atoms with E-state index in [1.165, 1.54) is 28.9 Å². The molecule has 0 spiro atoms. The van der Waals surface area contributed by atoms with Gasteiger partial charge in [-0.3, -0.25) is 9.59 Å². The Hall–Kier alpha value is -2.44.